The third-order valence-corrected chi connectivity index (χ3v) is 2.37. The molecule has 0 saturated carbocycles. The van der Waals surface area contributed by atoms with Gasteiger partial charge in [0.25, 0.3) is 0 Å². The Bertz CT molecular complexity index is 316. The molecule has 7 heteroatoms. The normalized spacial score (nSPS) is 15.8. The quantitative estimate of drug-likeness (QED) is 0.315. The molecule has 0 unspecified atom stereocenters. The van der Waals surface area contributed by atoms with E-state index in [1.54, 1.807) is 6.92 Å². The van der Waals surface area contributed by atoms with Crippen molar-refractivity contribution in [3.8, 4) is 0 Å². The highest BCUT2D eigenvalue weighted by atomic mass is 32.1. The van der Waals surface area contributed by atoms with Crippen LogP contribution >= 0.6 is 12.2 Å². The molecule has 102 valence electrons. The third-order valence-electron chi connectivity index (χ3n) is 2.11. The van der Waals surface area contributed by atoms with Gasteiger partial charge in [-0.3, -0.25) is 0 Å². The Kier molecular flexibility index (Phi) is 6.63. The molecule has 0 aromatic carbocycles. The van der Waals surface area contributed by atoms with Gasteiger partial charge >= 0.3 is 5.97 Å². The van der Waals surface area contributed by atoms with E-state index in [4.69, 9.17) is 26.4 Å². The first-order valence-electron chi connectivity index (χ1n) is 5.62. The zero-order valence-corrected chi connectivity index (χ0v) is 11.2. The van der Waals surface area contributed by atoms with Gasteiger partial charge in [-0.2, -0.15) is 0 Å². The molecule has 1 fully saturated rings. The predicted octanol–water partition coefficient (Wildman–Crippen LogP) is -0.0573. The van der Waals surface area contributed by atoms with E-state index in [0.717, 1.165) is 0 Å². The van der Waals surface area contributed by atoms with Crippen LogP contribution in [0.2, 0.25) is 0 Å². The van der Waals surface area contributed by atoms with Gasteiger partial charge in [0.1, 0.15) is 13.4 Å². The van der Waals surface area contributed by atoms with E-state index in [9.17, 15) is 4.79 Å². The van der Waals surface area contributed by atoms with Crippen LogP contribution in [0.3, 0.4) is 0 Å². The second-order valence-corrected chi connectivity index (χ2v) is 4.28. The number of nitrogens with one attached hydrogen (secondary N) is 2. The highest BCUT2D eigenvalue weighted by molar-refractivity contribution is 7.80. The van der Waals surface area contributed by atoms with Crippen molar-refractivity contribution in [1.29, 1.82) is 0 Å². The average Bonchev–Trinajstić information content (AvgIpc) is 2.35. The molecule has 1 aliphatic heterocycles. The molecule has 0 aliphatic carbocycles. The standard InChI is InChI=1S/C11H18N2O4S/c1-8(2)10(14)17-4-3-12-11(18)13-9-5-15-7-16-6-9/h9H,1,3-7H2,2H3,(H2,12,13,18). The van der Waals surface area contributed by atoms with E-state index in [2.05, 4.69) is 17.2 Å². The number of hydrogen-bond acceptors (Lipinski definition) is 5. The van der Waals surface area contributed by atoms with E-state index < -0.39 is 5.97 Å². The van der Waals surface area contributed by atoms with Crippen molar-refractivity contribution >= 4 is 23.3 Å². The zero-order chi connectivity index (χ0) is 13.4. The monoisotopic (exact) mass is 274 g/mol. The summed E-state index contributed by atoms with van der Waals surface area (Å²) in [7, 11) is 0. The molecule has 6 nitrogen and oxygen atoms in total. The summed E-state index contributed by atoms with van der Waals surface area (Å²) < 4.78 is 15.1. The minimum Gasteiger partial charge on any atom is -0.460 e. The number of ether oxygens (including phenoxy) is 3. The lowest BCUT2D eigenvalue weighted by Crippen LogP contribution is -2.48. The Labute approximate surface area is 112 Å². The van der Waals surface area contributed by atoms with Crippen LogP contribution in [0.5, 0.6) is 0 Å². The van der Waals surface area contributed by atoms with E-state index in [1.807, 2.05) is 0 Å². The summed E-state index contributed by atoms with van der Waals surface area (Å²) in [5.74, 6) is -0.398. The van der Waals surface area contributed by atoms with Gasteiger partial charge in [-0.25, -0.2) is 4.79 Å². The van der Waals surface area contributed by atoms with Crippen molar-refractivity contribution in [2.24, 2.45) is 0 Å². The summed E-state index contributed by atoms with van der Waals surface area (Å²) in [6.45, 7) is 7.23. The molecule has 18 heavy (non-hydrogen) atoms. The van der Waals surface area contributed by atoms with Crippen LogP contribution in [-0.2, 0) is 19.0 Å². The van der Waals surface area contributed by atoms with E-state index in [1.165, 1.54) is 0 Å². The Balaban J connectivity index is 2.06. The van der Waals surface area contributed by atoms with Crippen molar-refractivity contribution in [3.05, 3.63) is 12.2 Å². The first kappa shape index (κ1) is 14.9. The second-order valence-electron chi connectivity index (χ2n) is 3.87. The molecule has 1 aliphatic rings. The van der Waals surface area contributed by atoms with Crippen LogP contribution in [0.15, 0.2) is 12.2 Å². The van der Waals surface area contributed by atoms with Gasteiger partial charge < -0.3 is 24.8 Å². The highest BCUT2D eigenvalue weighted by Crippen LogP contribution is 1.96. The van der Waals surface area contributed by atoms with Gasteiger partial charge in [0.2, 0.25) is 0 Å². The van der Waals surface area contributed by atoms with E-state index in [0.29, 0.717) is 37.2 Å². The molecule has 0 radical (unpaired) electrons. The van der Waals surface area contributed by atoms with Gasteiger partial charge in [-0.1, -0.05) is 6.58 Å². The minimum atomic E-state index is -0.398. The average molecular weight is 274 g/mol. The van der Waals surface area contributed by atoms with E-state index in [-0.39, 0.29) is 12.6 Å². The summed E-state index contributed by atoms with van der Waals surface area (Å²) >= 11 is 5.07. The Morgan fingerprint density at radius 2 is 2.17 bits per heavy atom. The van der Waals surface area contributed by atoms with E-state index >= 15 is 0 Å². The molecule has 2 N–H and O–H groups in total. The summed E-state index contributed by atoms with van der Waals surface area (Å²) in [6.07, 6.45) is 0. The molecule has 1 saturated heterocycles. The summed E-state index contributed by atoms with van der Waals surface area (Å²) in [5, 5.41) is 6.46. The molecule has 0 spiro atoms. The Hall–Kier alpha value is -1.18. The number of thiocarbonyl (C=S) groups is 1. The number of carbonyl (C=O) groups excluding carboxylic acids is 1. The van der Waals surface area contributed by atoms with Crippen LogP contribution in [0.4, 0.5) is 0 Å². The Morgan fingerprint density at radius 3 is 2.78 bits per heavy atom. The Morgan fingerprint density at radius 1 is 1.50 bits per heavy atom. The molecule has 0 amide bonds. The van der Waals surface area contributed by atoms with Crippen molar-refractivity contribution in [1.82, 2.24) is 10.6 Å². The lowest BCUT2D eigenvalue weighted by atomic mass is 10.3. The van der Waals surface area contributed by atoms with Gasteiger partial charge in [0, 0.05) is 5.57 Å². The fourth-order valence-corrected chi connectivity index (χ4v) is 1.51. The van der Waals surface area contributed by atoms with Gasteiger partial charge in [-0.05, 0) is 19.1 Å². The van der Waals surface area contributed by atoms with Crippen molar-refractivity contribution in [3.63, 3.8) is 0 Å². The second kappa shape index (κ2) is 8.02. The maximum atomic E-state index is 11.1. The number of carbonyl (C=O) groups is 1. The first-order chi connectivity index (χ1) is 8.59. The maximum Gasteiger partial charge on any atom is 0.333 e. The molecule has 1 heterocycles. The van der Waals surface area contributed by atoms with Crippen molar-refractivity contribution < 1.29 is 19.0 Å². The van der Waals surface area contributed by atoms with Gasteiger partial charge in [0.05, 0.1) is 25.8 Å². The lowest BCUT2D eigenvalue weighted by molar-refractivity contribution is -0.138. The number of esters is 1. The molecule has 0 atom stereocenters. The van der Waals surface area contributed by atoms with Crippen LogP contribution in [-0.4, -0.2) is 50.3 Å². The third kappa shape index (κ3) is 5.95. The van der Waals surface area contributed by atoms with Crippen LogP contribution in [0.25, 0.3) is 0 Å². The summed E-state index contributed by atoms with van der Waals surface area (Å²) in [5.41, 5.74) is 0.382. The van der Waals surface area contributed by atoms with Gasteiger partial charge in [-0.15, -0.1) is 0 Å². The predicted molar refractivity (Wildman–Crippen MR) is 70.1 cm³/mol. The molecular formula is C11H18N2O4S. The topological polar surface area (TPSA) is 68.8 Å². The highest BCUT2D eigenvalue weighted by Gasteiger charge is 2.14. The number of hydrogen-bond donors (Lipinski definition) is 2. The van der Waals surface area contributed by atoms with Gasteiger partial charge in [0.15, 0.2) is 5.11 Å². The zero-order valence-electron chi connectivity index (χ0n) is 10.4. The van der Waals surface area contributed by atoms with Crippen LogP contribution in [0.1, 0.15) is 6.92 Å². The maximum absolute atomic E-state index is 11.1. The first-order valence-corrected chi connectivity index (χ1v) is 6.03. The number of rotatable bonds is 5. The largest absolute Gasteiger partial charge is 0.460 e. The SMILES string of the molecule is C=C(C)C(=O)OCCNC(=S)NC1COCOC1. The molecule has 0 aromatic rings. The molecule has 0 aromatic heterocycles. The molecule has 0 bridgehead atoms. The van der Waals surface area contributed by atoms with Crippen LogP contribution < -0.4 is 10.6 Å². The smallest absolute Gasteiger partial charge is 0.333 e. The van der Waals surface area contributed by atoms with Crippen molar-refractivity contribution in [2.75, 3.05) is 33.2 Å². The van der Waals surface area contributed by atoms with Crippen LogP contribution in [0, 0.1) is 0 Å². The summed E-state index contributed by atoms with van der Waals surface area (Å²) in [4.78, 5) is 11.1. The fraction of sp³-hybridized carbons (Fsp3) is 0.636. The van der Waals surface area contributed by atoms with Crippen molar-refractivity contribution in [2.45, 2.75) is 13.0 Å². The minimum absolute atomic E-state index is 0.0525. The summed E-state index contributed by atoms with van der Waals surface area (Å²) in [6, 6.07) is 0.0525. The fourth-order valence-electron chi connectivity index (χ4n) is 1.24. The molecule has 1 rings (SSSR count). The lowest BCUT2D eigenvalue weighted by Gasteiger charge is -2.24. The molecular weight excluding hydrogens is 256 g/mol.